The van der Waals surface area contributed by atoms with E-state index in [9.17, 15) is 0 Å². The first kappa shape index (κ1) is 16.0. The number of furan rings is 1. The molecular weight excluding hydrogens is 304 g/mol. The fraction of sp³-hybridized carbons (Fsp3) is 0.250. The van der Waals surface area contributed by atoms with Crippen LogP contribution in [0.25, 0.3) is 21.9 Å². The Bertz CT molecular complexity index is 1030. The van der Waals surface area contributed by atoms with Crippen LogP contribution in [0.4, 0.5) is 0 Å². The Hall–Kier alpha value is -2.54. The minimum Gasteiger partial charge on any atom is -0.456 e. The Balaban J connectivity index is 1.73. The summed E-state index contributed by atoms with van der Waals surface area (Å²) in [6.07, 6.45) is 1.99. The maximum absolute atomic E-state index is 6.17. The zero-order valence-corrected chi connectivity index (χ0v) is 15.2. The van der Waals surface area contributed by atoms with Crippen LogP contribution in [0.2, 0.25) is 0 Å². The number of rotatable bonds is 3. The minimum absolute atomic E-state index is 0.303. The molecule has 0 amide bonds. The molecule has 0 N–H and O–H groups in total. The summed E-state index contributed by atoms with van der Waals surface area (Å²) in [5, 5.41) is 2.40. The van der Waals surface area contributed by atoms with Gasteiger partial charge in [-0.05, 0) is 34.6 Å². The second-order valence-corrected chi connectivity index (χ2v) is 8.13. The van der Waals surface area contributed by atoms with Crippen molar-refractivity contribution >= 4 is 21.9 Å². The van der Waals surface area contributed by atoms with Crippen LogP contribution in [-0.4, -0.2) is 0 Å². The lowest BCUT2D eigenvalue weighted by Crippen LogP contribution is -2.09. The van der Waals surface area contributed by atoms with Crippen LogP contribution in [0, 0.1) is 5.41 Å². The van der Waals surface area contributed by atoms with Gasteiger partial charge in [0.05, 0.1) is 0 Å². The molecular formula is C24H24O. The highest BCUT2D eigenvalue weighted by Gasteiger charge is 2.13. The van der Waals surface area contributed by atoms with Crippen LogP contribution >= 0.6 is 0 Å². The lowest BCUT2D eigenvalue weighted by Gasteiger charge is -2.18. The molecule has 25 heavy (non-hydrogen) atoms. The van der Waals surface area contributed by atoms with Gasteiger partial charge in [-0.2, -0.15) is 0 Å². The molecule has 0 fully saturated rings. The van der Waals surface area contributed by atoms with Gasteiger partial charge in [0, 0.05) is 17.2 Å². The van der Waals surface area contributed by atoms with Crippen molar-refractivity contribution in [3.63, 3.8) is 0 Å². The molecule has 126 valence electrons. The van der Waals surface area contributed by atoms with Crippen LogP contribution in [0.5, 0.6) is 0 Å². The van der Waals surface area contributed by atoms with Crippen molar-refractivity contribution in [1.82, 2.24) is 0 Å². The van der Waals surface area contributed by atoms with E-state index < -0.39 is 0 Å². The molecule has 0 unspecified atom stereocenters. The van der Waals surface area contributed by atoms with Gasteiger partial charge in [0.25, 0.3) is 0 Å². The number of fused-ring (bicyclic) bond motifs is 3. The zero-order chi connectivity index (χ0) is 17.4. The highest BCUT2D eigenvalue weighted by atomic mass is 16.3. The Kier molecular flexibility index (Phi) is 3.88. The Morgan fingerprint density at radius 3 is 2.32 bits per heavy atom. The predicted octanol–water partition coefficient (Wildman–Crippen LogP) is 6.77. The van der Waals surface area contributed by atoms with Crippen molar-refractivity contribution in [2.45, 2.75) is 33.6 Å². The lowest BCUT2D eigenvalue weighted by atomic mass is 9.87. The molecule has 0 aliphatic rings. The summed E-state index contributed by atoms with van der Waals surface area (Å²) in [6.45, 7) is 6.86. The van der Waals surface area contributed by atoms with Crippen molar-refractivity contribution < 1.29 is 4.42 Å². The van der Waals surface area contributed by atoms with E-state index in [0.29, 0.717) is 5.41 Å². The summed E-state index contributed by atoms with van der Waals surface area (Å²) < 4.78 is 6.17. The first-order valence-electron chi connectivity index (χ1n) is 8.97. The highest BCUT2D eigenvalue weighted by Crippen LogP contribution is 2.32. The van der Waals surface area contributed by atoms with Gasteiger partial charge in [0.15, 0.2) is 0 Å². The number of hydrogen-bond acceptors (Lipinski definition) is 1. The van der Waals surface area contributed by atoms with Crippen molar-refractivity contribution in [3.8, 4) is 0 Å². The minimum atomic E-state index is 0.303. The van der Waals surface area contributed by atoms with Gasteiger partial charge in [0.2, 0.25) is 0 Å². The fourth-order valence-electron chi connectivity index (χ4n) is 3.63. The van der Waals surface area contributed by atoms with E-state index in [1.165, 1.54) is 27.5 Å². The third-order valence-electron chi connectivity index (χ3n) is 4.61. The molecule has 0 aliphatic carbocycles. The van der Waals surface area contributed by atoms with Crippen molar-refractivity contribution in [3.05, 3.63) is 83.4 Å². The van der Waals surface area contributed by atoms with Crippen molar-refractivity contribution in [1.29, 1.82) is 0 Å². The maximum atomic E-state index is 6.17. The first-order chi connectivity index (χ1) is 12.0. The number of hydrogen-bond donors (Lipinski definition) is 0. The first-order valence-corrected chi connectivity index (χ1v) is 8.97. The standard InChI is InChI=1S/C24H24O/c1-24(2,3)16-18-9-6-8-17(14-18)15-19-10-7-12-21-20-11-4-5-13-22(20)25-23(19)21/h4-14H,15-16H2,1-3H3. The average molecular weight is 328 g/mol. The molecule has 3 aromatic carbocycles. The molecule has 1 aromatic heterocycles. The van der Waals surface area contributed by atoms with Crippen LogP contribution in [0.15, 0.2) is 71.1 Å². The second-order valence-electron chi connectivity index (χ2n) is 8.13. The summed E-state index contributed by atoms with van der Waals surface area (Å²) >= 11 is 0. The molecule has 0 saturated carbocycles. The molecule has 0 spiro atoms. The van der Waals surface area contributed by atoms with Gasteiger partial charge >= 0.3 is 0 Å². The van der Waals surface area contributed by atoms with Gasteiger partial charge in [-0.1, -0.05) is 81.4 Å². The molecule has 1 nitrogen and oxygen atoms in total. The second kappa shape index (κ2) is 6.07. The van der Waals surface area contributed by atoms with E-state index >= 15 is 0 Å². The molecule has 0 aliphatic heterocycles. The lowest BCUT2D eigenvalue weighted by molar-refractivity contribution is 0.411. The number of para-hydroxylation sites is 2. The summed E-state index contributed by atoms with van der Waals surface area (Å²) in [5.41, 5.74) is 6.28. The van der Waals surface area contributed by atoms with E-state index in [1.54, 1.807) is 0 Å². The molecule has 1 heterocycles. The van der Waals surface area contributed by atoms with Crippen LogP contribution < -0.4 is 0 Å². The van der Waals surface area contributed by atoms with Crippen molar-refractivity contribution in [2.24, 2.45) is 5.41 Å². The smallest absolute Gasteiger partial charge is 0.138 e. The molecule has 1 heteroatoms. The van der Waals surface area contributed by atoms with Gasteiger partial charge in [-0.25, -0.2) is 0 Å². The van der Waals surface area contributed by atoms with Crippen LogP contribution in [0.1, 0.15) is 37.5 Å². The van der Waals surface area contributed by atoms with E-state index in [4.69, 9.17) is 4.42 Å². The molecule has 0 radical (unpaired) electrons. The number of benzene rings is 3. The van der Waals surface area contributed by atoms with Gasteiger partial charge in [-0.3, -0.25) is 0 Å². The summed E-state index contributed by atoms with van der Waals surface area (Å²) in [4.78, 5) is 0. The van der Waals surface area contributed by atoms with E-state index in [-0.39, 0.29) is 0 Å². The van der Waals surface area contributed by atoms with Gasteiger partial charge < -0.3 is 4.42 Å². The van der Waals surface area contributed by atoms with E-state index in [1.807, 2.05) is 12.1 Å². The summed E-state index contributed by atoms with van der Waals surface area (Å²) in [5.74, 6) is 0. The van der Waals surface area contributed by atoms with Crippen LogP contribution in [0.3, 0.4) is 0 Å². The normalized spacial score (nSPS) is 12.1. The monoisotopic (exact) mass is 328 g/mol. The largest absolute Gasteiger partial charge is 0.456 e. The third kappa shape index (κ3) is 3.32. The molecule has 4 rings (SSSR count). The van der Waals surface area contributed by atoms with Gasteiger partial charge in [-0.15, -0.1) is 0 Å². The fourth-order valence-corrected chi connectivity index (χ4v) is 3.63. The van der Waals surface area contributed by atoms with E-state index in [0.717, 1.165) is 24.0 Å². The van der Waals surface area contributed by atoms with Crippen molar-refractivity contribution in [2.75, 3.05) is 0 Å². The quantitative estimate of drug-likeness (QED) is 0.404. The van der Waals surface area contributed by atoms with E-state index in [2.05, 4.69) is 75.4 Å². The third-order valence-corrected chi connectivity index (χ3v) is 4.61. The highest BCUT2D eigenvalue weighted by molar-refractivity contribution is 6.05. The topological polar surface area (TPSA) is 13.1 Å². The van der Waals surface area contributed by atoms with Crippen LogP contribution in [-0.2, 0) is 12.8 Å². The Morgan fingerprint density at radius 2 is 1.48 bits per heavy atom. The Labute approximate surface area is 149 Å². The molecule has 0 bridgehead atoms. The SMILES string of the molecule is CC(C)(C)Cc1cccc(Cc2cccc3c2oc2ccccc23)c1. The average Bonchev–Trinajstić information content (AvgIpc) is 2.94. The molecule has 0 atom stereocenters. The summed E-state index contributed by atoms with van der Waals surface area (Å²) in [6, 6.07) is 23.7. The molecule has 0 saturated heterocycles. The van der Waals surface area contributed by atoms with Gasteiger partial charge in [0.1, 0.15) is 11.2 Å². The maximum Gasteiger partial charge on any atom is 0.138 e. The zero-order valence-electron chi connectivity index (χ0n) is 15.2. The Morgan fingerprint density at radius 1 is 0.760 bits per heavy atom. The molecule has 4 aromatic rings. The summed E-state index contributed by atoms with van der Waals surface area (Å²) in [7, 11) is 0. The predicted molar refractivity (Wildman–Crippen MR) is 106 cm³/mol.